The number of nitrogens with one attached hydrogen (secondary N) is 2. The maximum atomic E-state index is 5.63. The first kappa shape index (κ1) is 11.7. The molecule has 0 atom stereocenters. The van der Waals surface area contributed by atoms with Gasteiger partial charge in [0.15, 0.2) is 5.11 Å². The standard InChI is InChI=1S/C15H13N3S/c16-15(19)18-14-11-8-4-5-9-12(11)17-13(14)10-6-2-1-3-7-10/h1-9,17H,(H3,16,18,19). The van der Waals surface area contributed by atoms with Gasteiger partial charge in [0.05, 0.1) is 11.4 Å². The van der Waals surface area contributed by atoms with E-state index in [2.05, 4.69) is 22.4 Å². The number of aromatic amines is 1. The summed E-state index contributed by atoms with van der Waals surface area (Å²) in [5.74, 6) is 0. The number of hydrogen-bond donors (Lipinski definition) is 3. The molecule has 19 heavy (non-hydrogen) atoms. The average molecular weight is 267 g/mol. The van der Waals surface area contributed by atoms with Crippen LogP contribution in [0.1, 0.15) is 0 Å². The first-order chi connectivity index (χ1) is 9.25. The van der Waals surface area contributed by atoms with Crippen LogP contribution in [0.2, 0.25) is 0 Å². The lowest BCUT2D eigenvalue weighted by atomic mass is 10.1. The minimum absolute atomic E-state index is 0.266. The number of aromatic nitrogens is 1. The van der Waals surface area contributed by atoms with Crippen LogP contribution in [0.3, 0.4) is 0 Å². The highest BCUT2D eigenvalue weighted by Gasteiger charge is 2.12. The van der Waals surface area contributed by atoms with E-state index in [0.29, 0.717) is 0 Å². The fraction of sp³-hybridized carbons (Fsp3) is 0. The second-order valence-corrected chi connectivity index (χ2v) is 4.72. The van der Waals surface area contributed by atoms with Gasteiger partial charge in [-0.1, -0.05) is 48.5 Å². The summed E-state index contributed by atoms with van der Waals surface area (Å²) in [6.45, 7) is 0. The Morgan fingerprint density at radius 3 is 2.42 bits per heavy atom. The molecule has 4 heteroatoms. The van der Waals surface area contributed by atoms with E-state index >= 15 is 0 Å². The number of para-hydroxylation sites is 1. The Hall–Kier alpha value is -2.33. The summed E-state index contributed by atoms with van der Waals surface area (Å²) in [5.41, 5.74) is 9.70. The molecule has 0 aliphatic carbocycles. The normalized spacial score (nSPS) is 10.5. The molecule has 94 valence electrons. The average Bonchev–Trinajstić information content (AvgIpc) is 2.78. The number of H-pyrrole nitrogens is 1. The van der Waals surface area contributed by atoms with Crippen molar-refractivity contribution in [3.05, 3.63) is 54.6 Å². The third-order valence-electron chi connectivity index (χ3n) is 3.02. The van der Waals surface area contributed by atoms with Gasteiger partial charge in [0, 0.05) is 16.5 Å². The number of thiocarbonyl (C=S) groups is 1. The van der Waals surface area contributed by atoms with Crippen LogP contribution in [0.4, 0.5) is 5.69 Å². The number of nitrogens with two attached hydrogens (primary N) is 1. The first-order valence-electron chi connectivity index (χ1n) is 5.98. The molecule has 2 aromatic carbocycles. The highest BCUT2D eigenvalue weighted by Crippen LogP contribution is 2.34. The van der Waals surface area contributed by atoms with Gasteiger partial charge in [0.25, 0.3) is 0 Å². The van der Waals surface area contributed by atoms with Crippen LogP contribution in [-0.2, 0) is 0 Å². The van der Waals surface area contributed by atoms with Crippen molar-refractivity contribution in [2.45, 2.75) is 0 Å². The summed E-state index contributed by atoms with van der Waals surface area (Å²) in [4.78, 5) is 3.41. The largest absolute Gasteiger partial charge is 0.376 e. The van der Waals surface area contributed by atoms with Crippen molar-refractivity contribution in [3.8, 4) is 11.3 Å². The van der Waals surface area contributed by atoms with Crippen LogP contribution in [0, 0.1) is 0 Å². The van der Waals surface area contributed by atoms with E-state index in [0.717, 1.165) is 27.8 Å². The first-order valence-corrected chi connectivity index (χ1v) is 6.39. The third-order valence-corrected chi connectivity index (χ3v) is 3.12. The van der Waals surface area contributed by atoms with Gasteiger partial charge in [-0.2, -0.15) is 0 Å². The van der Waals surface area contributed by atoms with E-state index in [1.54, 1.807) is 0 Å². The zero-order chi connectivity index (χ0) is 13.2. The summed E-state index contributed by atoms with van der Waals surface area (Å²) in [6.07, 6.45) is 0. The smallest absolute Gasteiger partial charge is 0.168 e. The summed E-state index contributed by atoms with van der Waals surface area (Å²) in [6, 6.07) is 18.2. The lowest BCUT2D eigenvalue weighted by Crippen LogP contribution is -2.19. The maximum absolute atomic E-state index is 5.63. The van der Waals surface area contributed by atoms with Crippen LogP contribution in [0.5, 0.6) is 0 Å². The number of benzene rings is 2. The van der Waals surface area contributed by atoms with Crippen LogP contribution in [0.25, 0.3) is 22.2 Å². The van der Waals surface area contributed by atoms with Crippen LogP contribution >= 0.6 is 12.2 Å². The summed E-state index contributed by atoms with van der Waals surface area (Å²) >= 11 is 4.97. The van der Waals surface area contributed by atoms with Crippen molar-refractivity contribution in [3.63, 3.8) is 0 Å². The van der Waals surface area contributed by atoms with E-state index < -0.39 is 0 Å². The lowest BCUT2D eigenvalue weighted by Gasteiger charge is -2.06. The molecule has 0 spiro atoms. The Morgan fingerprint density at radius 1 is 1.00 bits per heavy atom. The number of fused-ring (bicyclic) bond motifs is 1. The van der Waals surface area contributed by atoms with E-state index in [1.165, 1.54) is 0 Å². The Balaban J connectivity index is 2.26. The molecule has 0 unspecified atom stereocenters. The highest BCUT2D eigenvalue weighted by atomic mass is 32.1. The van der Waals surface area contributed by atoms with Crippen molar-refractivity contribution in [2.75, 3.05) is 5.32 Å². The zero-order valence-corrected chi connectivity index (χ0v) is 11.0. The Bertz CT molecular complexity index is 731. The molecule has 0 aliphatic rings. The molecular formula is C15H13N3S. The molecular weight excluding hydrogens is 254 g/mol. The molecule has 0 fully saturated rings. The Kier molecular flexibility index (Phi) is 2.93. The van der Waals surface area contributed by atoms with Crippen molar-refractivity contribution in [1.29, 1.82) is 0 Å². The van der Waals surface area contributed by atoms with Gasteiger partial charge in [0.1, 0.15) is 0 Å². The quantitative estimate of drug-likeness (QED) is 0.623. The highest BCUT2D eigenvalue weighted by molar-refractivity contribution is 7.80. The fourth-order valence-electron chi connectivity index (χ4n) is 2.22. The van der Waals surface area contributed by atoms with E-state index in [4.69, 9.17) is 18.0 Å². The molecule has 1 aromatic heterocycles. The molecule has 3 nitrogen and oxygen atoms in total. The molecule has 0 aliphatic heterocycles. The molecule has 0 bridgehead atoms. The van der Waals surface area contributed by atoms with Crippen LogP contribution in [0.15, 0.2) is 54.6 Å². The van der Waals surface area contributed by atoms with Gasteiger partial charge >= 0.3 is 0 Å². The molecule has 0 saturated heterocycles. The summed E-state index contributed by atoms with van der Waals surface area (Å²) in [7, 11) is 0. The Morgan fingerprint density at radius 2 is 1.68 bits per heavy atom. The molecule has 1 heterocycles. The predicted octanol–water partition coefficient (Wildman–Crippen LogP) is 3.49. The van der Waals surface area contributed by atoms with Gasteiger partial charge in [-0.05, 0) is 18.3 Å². The molecule has 0 radical (unpaired) electrons. The fourth-order valence-corrected chi connectivity index (χ4v) is 2.32. The van der Waals surface area contributed by atoms with E-state index in [1.807, 2.05) is 42.5 Å². The second-order valence-electron chi connectivity index (χ2n) is 4.28. The maximum Gasteiger partial charge on any atom is 0.168 e. The van der Waals surface area contributed by atoms with Crippen LogP contribution < -0.4 is 11.1 Å². The van der Waals surface area contributed by atoms with Crippen molar-refractivity contribution >= 4 is 33.9 Å². The van der Waals surface area contributed by atoms with Gasteiger partial charge < -0.3 is 16.0 Å². The molecule has 0 amide bonds. The van der Waals surface area contributed by atoms with E-state index in [-0.39, 0.29) is 5.11 Å². The monoisotopic (exact) mass is 267 g/mol. The molecule has 3 rings (SSSR count). The van der Waals surface area contributed by atoms with Gasteiger partial charge in [-0.15, -0.1) is 0 Å². The van der Waals surface area contributed by atoms with E-state index in [9.17, 15) is 0 Å². The summed E-state index contributed by atoms with van der Waals surface area (Å²) in [5, 5.41) is 4.42. The van der Waals surface area contributed by atoms with Crippen molar-refractivity contribution in [1.82, 2.24) is 4.98 Å². The van der Waals surface area contributed by atoms with Crippen molar-refractivity contribution in [2.24, 2.45) is 5.73 Å². The lowest BCUT2D eigenvalue weighted by molar-refractivity contribution is 1.45. The third kappa shape index (κ3) is 2.18. The molecule has 0 saturated carbocycles. The molecule has 3 aromatic rings. The Labute approximate surface area is 116 Å². The van der Waals surface area contributed by atoms with Crippen LogP contribution in [-0.4, -0.2) is 10.1 Å². The SMILES string of the molecule is NC(=S)Nc1c(-c2ccccc2)[nH]c2ccccc12. The second kappa shape index (κ2) is 4.74. The van der Waals surface area contributed by atoms with Gasteiger partial charge in [0.2, 0.25) is 0 Å². The van der Waals surface area contributed by atoms with Crippen molar-refractivity contribution < 1.29 is 0 Å². The predicted molar refractivity (Wildman–Crippen MR) is 84.1 cm³/mol. The zero-order valence-electron chi connectivity index (χ0n) is 10.2. The van der Waals surface area contributed by atoms with Gasteiger partial charge in [-0.25, -0.2) is 0 Å². The summed E-state index contributed by atoms with van der Waals surface area (Å²) < 4.78 is 0. The number of hydrogen-bond acceptors (Lipinski definition) is 1. The van der Waals surface area contributed by atoms with Gasteiger partial charge in [-0.3, -0.25) is 0 Å². The molecule has 4 N–H and O–H groups in total. The number of rotatable bonds is 2. The minimum atomic E-state index is 0.266. The number of anilines is 1. The minimum Gasteiger partial charge on any atom is -0.376 e. The topological polar surface area (TPSA) is 53.8 Å².